The number of ether oxygens (including phenoxy) is 2. The fraction of sp³-hybridized carbons (Fsp3) is 0.115. The largest absolute Gasteiger partial charge is 0.494 e. The highest BCUT2D eigenvalue weighted by Crippen LogP contribution is 2.30. The number of carbonyl (C=O) groups is 2. The molecule has 3 aromatic rings. The number of rotatable bonds is 9. The molecule has 2 N–H and O–H groups in total. The average Bonchev–Trinajstić information content (AvgIpc) is 2.86. The smallest absolute Gasteiger partial charge is 0.266 e. The SMILES string of the molecule is CCOc1ccc(NC(=O)COc2ccc(/C=C(\C#N)C(=O)Nc3cccc(Cl)c3Cl)cc2)cc1. The van der Waals surface area contributed by atoms with Gasteiger partial charge < -0.3 is 20.1 Å². The molecule has 0 saturated carbocycles. The molecule has 0 atom stereocenters. The van der Waals surface area contributed by atoms with Crippen LogP contribution >= 0.6 is 23.2 Å². The van der Waals surface area contributed by atoms with Crippen LogP contribution in [-0.2, 0) is 9.59 Å². The zero-order chi connectivity index (χ0) is 25.2. The Morgan fingerprint density at radius 1 is 0.943 bits per heavy atom. The second-order valence-corrected chi connectivity index (χ2v) is 7.87. The van der Waals surface area contributed by atoms with Crippen molar-refractivity contribution < 1.29 is 19.1 Å². The van der Waals surface area contributed by atoms with Gasteiger partial charge in [-0.2, -0.15) is 5.26 Å². The lowest BCUT2D eigenvalue weighted by molar-refractivity contribution is -0.118. The lowest BCUT2D eigenvalue weighted by Crippen LogP contribution is -2.20. The maximum Gasteiger partial charge on any atom is 0.266 e. The highest BCUT2D eigenvalue weighted by molar-refractivity contribution is 6.44. The standard InChI is InChI=1S/C26H21Cl2N3O4/c1-2-34-20-12-8-19(9-13-20)30-24(32)16-35-21-10-6-17(7-11-21)14-18(15-29)26(33)31-23-5-3-4-22(27)25(23)28/h3-14H,2,16H2,1H3,(H,30,32)(H,31,33)/b18-14+. The lowest BCUT2D eigenvalue weighted by Gasteiger charge is -2.09. The average molecular weight is 510 g/mol. The predicted molar refractivity (Wildman–Crippen MR) is 137 cm³/mol. The summed E-state index contributed by atoms with van der Waals surface area (Å²) in [6.45, 7) is 2.28. The maximum atomic E-state index is 12.5. The minimum Gasteiger partial charge on any atom is -0.494 e. The van der Waals surface area contributed by atoms with Crippen LogP contribution in [0.4, 0.5) is 11.4 Å². The van der Waals surface area contributed by atoms with Gasteiger partial charge in [-0.1, -0.05) is 41.4 Å². The van der Waals surface area contributed by atoms with Gasteiger partial charge in [-0.25, -0.2) is 0 Å². The summed E-state index contributed by atoms with van der Waals surface area (Å²) < 4.78 is 10.9. The number of nitriles is 1. The second-order valence-electron chi connectivity index (χ2n) is 7.09. The Balaban J connectivity index is 1.56. The second kappa shape index (κ2) is 12.5. The Kier molecular flexibility index (Phi) is 9.13. The predicted octanol–water partition coefficient (Wildman–Crippen LogP) is 5.96. The van der Waals surface area contributed by atoms with Crippen molar-refractivity contribution in [2.24, 2.45) is 0 Å². The Labute approximate surface area is 212 Å². The molecule has 0 fully saturated rings. The first-order chi connectivity index (χ1) is 16.9. The normalized spacial score (nSPS) is 10.7. The quantitative estimate of drug-likeness (QED) is 0.274. The Bertz CT molecular complexity index is 1270. The van der Waals surface area contributed by atoms with E-state index in [2.05, 4.69) is 10.6 Å². The molecular formula is C26H21Cl2N3O4. The number of anilines is 2. The van der Waals surface area contributed by atoms with Crippen LogP contribution in [0.3, 0.4) is 0 Å². The van der Waals surface area contributed by atoms with Crippen molar-refractivity contribution in [3.05, 3.63) is 87.9 Å². The molecule has 178 valence electrons. The van der Waals surface area contributed by atoms with E-state index in [-0.39, 0.29) is 28.1 Å². The highest BCUT2D eigenvalue weighted by Gasteiger charge is 2.13. The lowest BCUT2D eigenvalue weighted by atomic mass is 10.1. The van der Waals surface area contributed by atoms with Crippen LogP contribution in [0.2, 0.25) is 10.0 Å². The third-order valence-electron chi connectivity index (χ3n) is 4.57. The van der Waals surface area contributed by atoms with Gasteiger partial charge in [0.2, 0.25) is 0 Å². The van der Waals surface area contributed by atoms with Crippen LogP contribution in [0.5, 0.6) is 11.5 Å². The number of amides is 2. The van der Waals surface area contributed by atoms with Gasteiger partial charge in [-0.05, 0) is 67.1 Å². The van der Waals surface area contributed by atoms with Crippen LogP contribution < -0.4 is 20.1 Å². The van der Waals surface area contributed by atoms with E-state index in [1.54, 1.807) is 66.7 Å². The van der Waals surface area contributed by atoms with Crippen LogP contribution in [0.15, 0.2) is 72.3 Å². The summed E-state index contributed by atoms with van der Waals surface area (Å²) in [4.78, 5) is 24.6. The van der Waals surface area contributed by atoms with E-state index in [1.165, 1.54) is 6.08 Å². The molecule has 0 aliphatic rings. The van der Waals surface area contributed by atoms with Gasteiger partial charge in [-0.3, -0.25) is 9.59 Å². The minimum absolute atomic E-state index is 0.121. The molecular weight excluding hydrogens is 489 g/mol. The minimum atomic E-state index is -0.622. The van der Waals surface area contributed by atoms with E-state index < -0.39 is 5.91 Å². The number of hydrogen-bond donors (Lipinski definition) is 2. The summed E-state index contributed by atoms with van der Waals surface area (Å²) in [5.41, 5.74) is 1.41. The van der Waals surface area contributed by atoms with Crippen molar-refractivity contribution in [3.63, 3.8) is 0 Å². The third kappa shape index (κ3) is 7.51. The molecule has 0 spiro atoms. The number of carbonyl (C=O) groups excluding carboxylic acids is 2. The van der Waals surface area contributed by atoms with Crippen molar-refractivity contribution in [2.75, 3.05) is 23.8 Å². The Morgan fingerprint density at radius 3 is 2.26 bits per heavy atom. The van der Waals surface area contributed by atoms with E-state index in [0.29, 0.717) is 29.3 Å². The molecule has 0 aromatic heterocycles. The summed E-state index contributed by atoms with van der Waals surface area (Å²) in [7, 11) is 0. The van der Waals surface area contributed by atoms with Crippen LogP contribution in [0.1, 0.15) is 12.5 Å². The molecule has 7 nitrogen and oxygen atoms in total. The highest BCUT2D eigenvalue weighted by atomic mass is 35.5. The van der Waals surface area contributed by atoms with Crippen molar-refractivity contribution in [1.82, 2.24) is 0 Å². The zero-order valence-corrected chi connectivity index (χ0v) is 20.2. The summed E-state index contributed by atoms with van der Waals surface area (Å²) in [5.74, 6) is 0.239. The summed E-state index contributed by atoms with van der Waals surface area (Å²) in [5, 5.41) is 15.2. The van der Waals surface area contributed by atoms with Gasteiger partial charge >= 0.3 is 0 Å². The molecule has 0 aliphatic heterocycles. The van der Waals surface area contributed by atoms with Crippen molar-refractivity contribution in [2.45, 2.75) is 6.92 Å². The van der Waals surface area contributed by atoms with Gasteiger partial charge in [0.25, 0.3) is 11.8 Å². The molecule has 3 rings (SSSR count). The number of hydrogen-bond acceptors (Lipinski definition) is 5. The number of benzene rings is 3. The molecule has 0 unspecified atom stereocenters. The molecule has 0 saturated heterocycles. The third-order valence-corrected chi connectivity index (χ3v) is 5.39. The molecule has 0 heterocycles. The fourth-order valence-corrected chi connectivity index (χ4v) is 3.26. The van der Waals surface area contributed by atoms with Gasteiger partial charge in [0.1, 0.15) is 23.1 Å². The number of nitrogens with one attached hydrogen (secondary N) is 2. The first-order valence-corrected chi connectivity index (χ1v) is 11.3. The first-order valence-electron chi connectivity index (χ1n) is 10.5. The van der Waals surface area contributed by atoms with Crippen molar-refractivity contribution in [3.8, 4) is 17.6 Å². The monoisotopic (exact) mass is 509 g/mol. The van der Waals surface area contributed by atoms with Crippen LogP contribution in [-0.4, -0.2) is 25.0 Å². The van der Waals surface area contributed by atoms with Gasteiger partial charge in [0.05, 0.1) is 22.3 Å². The van der Waals surface area contributed by atoms with Gasteiger partial charge in [0, 0.05) is 5.69 Å². The molecule has 35 heavy (non-hydrogen) atoms. The van der Waals surface area contributed by atoms with Crippen LogP contribution in [0.25, 0.3) is 6.08 Å². The van der Waals surface area contributed by atoms with E-state index in [4.69, 9.17) is 32.7 Å². The molecule has 9 heteroatoms. The van der Waals surface area contributed by atoms with Gasteiger partial charge in [-0.15, -0.1) is 0 Å². The molecule has 0 radical (unpaired) electrons. The van der Waals surface area contributed by atoms with Crippen molar-refractivity contribution >= 4 is 52.5 Å². The Morgan fingerprint density at radius 2 is 1.60 bits per heavy atom. The van der Waals surface area contributed by atoms with Gasteiger partial charge in [0.15, 0.2) is 6.61 Å². The molecule has 0 bridgehead atoms. The van der Waals surface area contributed by atoms with Crippen LogP contribution in [0, 0.1) is 11.3 Å². The maximum absolute atomic E-state index is 12.5. The Hall–Kier alpha value is -3.99. The van der Waals surface area contributed by atoms with E-state index in [0.717, 1.165) is 5.75 Å². The van der Waals surface area contributed by atoms with E-state index >= 15 is 0 Å². The zero-order valence-electron chi connectivity index (χ0n) is 18.7. The van der Waals surface area contributed by atoms with E-state index in [9.17, 15) is 14.9 Å². The summed E-state index contributed by atoms with van der Waals surface area (Å²) in [6, 6.07) is 20.3. The van der Waals surface area contributed by atoms with E-state index in [1.807, 2.05) is 13.0 Å². The van der Waals surface area contributed by atoms with Crippen molar-refractivity contribution in [1.29, 1.82) is 5.26 Å². The number of nitrogens with zero attached hydrogens (tertiary/aromatic N) is 1. The molecule has 3 aromatic carbocycles. The fourth-order valence-electron chi connectivity index (χ4n) is 2.91. The first kappa shape index (κ1) is 25.6. The summed E-state index contributed by atoms with van der Waals surface area (Å²) in [6.07, 6.45) is 1.43. The molecule has 2 amide bonds. The number of halogens is 2. The topological polar surface area (TPSA) is 100 Å². The summed E-state index contributed by atoms with van der Waals surface area (Å²) >= 11 is 12.0. The molecule has 0 aliphatic carbocycles.